The fourth-order valence-corrected chi connectivity index (χ4v) is 10.3. The number of allylic oxidation sites excluding steroid dienone is 8. The van der Waals surface area contributed by atoms with Gasteiger partial charge in [0.15, 0.2) is 5.71 Å². The lowest BCUT2D eigenvalue weighted by Crippen LogP contribution is -2.28. The van der Waals surface area contributed by atoms with Gasteiger partial charge in [-0.2, -0.15) is 13.0 Å². The Morgan fingerprint density at radius 2 is 1.37 bits per heavy atom. The Bertz CT molecular complexity index is 2540. The molecule has 0 aliphatic carbocycles. The van der Waals surface area contributed by atoms with Gasteiger partial charge in [0.25, 0.3) is 10.1 Å². The molecule has 63 heavy (non-hydrogen) atoms. The summed E-state index contributed by atoms with van der Waals surface area (Å²) in [6.45, 7) is 17.7. The van der Waals surface area contributed by atoms with Gasteiger partial charge in [0.1, 0.15) is 6.54 Å². The summed E-state index contributed by atoms with van der Waals surface area (Å²) in [7, 11) is -4.00. The van der Waals surface area contributed by atoms with Gasteiger partial charge in [-0.25, -0.2) is 0 Å². The molecule has 2 aliphatic heterocycles. The number of carbonyl (C=O) groups excluding carboxylic acids is 1. The van der Waals surface area contributed by atoms with Gasteiger partial charge in [-0.05, 0) is 97.7 Å². The average molecular weight is 869 g/mol. The molecule has 6 rings (SSSR count). The Morgan fingerprint density at radius 3 is 2.10 bits per heavy atom. The topological polar surface area (TPSA) is 89.7 Å². The molecule has 4 aromatic rings. The van der Waals surface area contributed by atoms with E-state index in [2.05, 4.69) is 171 Å². The summed E-state index contributed by atoms with van der Waals surface area (Å²) in [4.78, 5) is 15.0. The van der Waals surface area contributed by atoms with Crippen molar-refractivity contribution in [2.45, 2.75) is 122 Å². The fraction of sp³-hybridized carbons (Fsp3) is 0.418. The van der Waals surface area contributed by atoms with Crippen molar-refractivity contribution < 1.29 is 22.3 Å². The number of rotatable bonds is 23. The number of nitrogens with zero attached hydrogens (tertiary/aromatic N) is 2. The standard InChI is InChI=1S/C55H69N3O4S/c1-7-8-9-11-15-26-42(2)41-56-51(59)33-18-14-23-38-57-47-36-34-43-27-19-21-29-45(43)52(47)54(3,4)49(57)31-16-12-10-13-17-32-50-55(5,6)53-46-30-22-20-28-44(46)35-37-48(53)58(50)39-24-25-40-63(60,61)62/h10,12-13,16-17,19-22,27-32,34-37H,2,7-9,11,14-15,18,23-26,33,38-41H2,1,3-6H3,(H-,56,59,60,61,62)/p+1. The second-order valence-electron chi connectivity index (χ2n) is 18.5. The van der Waals surface area contributed by atoms with Crippen molar-refractivity contribution in [2.75, 3.05) is 30.3 Å². The van der Waals surface area contributed by atoms with Crippen LogP contribution in [0.3, 0.4) is 0 Å². The highest BCUT2D eigenvalue weighted by Crippen LogP contribution is 2.51. The van der Waals surface area contributed by atoms with E-state index in [1.807, 2.05) is 0 Å². The smallest absolute Gasteiger partial charge is 0.264 e. The molecular weight excluding hydrogens is 799 g/mol. The van der Waals surface area contributed by atoms with Gasteiger partial charge in [-0.3, -0.25) is 9.35 Å². The first-order chi connectivity index (χ1) is 30.2. The van der Waals surface area contributed by atoms with Crippen LogP contribution in [0.5, 0.6) is 0 Å². The third-order valence-electron chi connectivity index (χ3n) is 12.9. The van der Waals surface area contributed by atoms with Gasteiger partial charge < -0.3 is 10.2 Å². The van der Waals surface area contributed by atoms with E-state index in [0.717, 1.165) is 55.6 Å². The number of unbranched alkanes of at least 4 members (excludes halogenated alkanes) is 7. The molecule has 0 spiro atoms. The molecule has 2 aliphatic rings. The van der Waals surface area contributed by atoms with Crippen LogP contribution in [0.15, 0.2) is 133 Å². The molecule has 0 radical (unpaired) electrons. The number of hydrogen-bond acceptors (Lipinski definition) is 4. The molecule has 0 fully saturated rings. The van der Waals surface area contributed by atoms with E-state index in [-0.39, 0.29) is 22.5 Å². The van der Waals surface area contributed by atoms with Crippen molar-refractivity contribution in [2.24, 2.45) is 0 Å². The predicted molar refractivity (Wildman–Crippen MR) is 266 cm³/mol. The minimum atomic E-state index is -4.00. The Morgan fingerprint density at radius 1 is 0.730 bits per heavy atom. The Kier molecular flexibility index (Phi) is 16.2. The summed E-state index contributed by atoms with van der Waals surface area (Å²) >= 11 is 0. The third kappa shape index (κ3) is 11.8. The number of nitrogens with one attached hydrogen (secondary N) is 1. The lowest BCUT2D eigenvalue weighted by atomic mass is 9.79. The summed E-state index contributed by atoms with van der Waals surface area (Å²) in [6, 6.07) is 26.0. The van der Waals surface area contributed by atoms with Crippen molar-refractivity contribution in [1.82, 2.24) is 5.32 Å². The molecule has 0 unspecified atom stereocenters. The molecule has 0 bridgehead atoms. The van der Waals surface area contributed by atoms with Crippen LogP contribution in [0.1, 0.15) is 123 Å². The van der Waals surface area contributed by atoms with Crippen LogP contribution in [0.4, 0.5) is 11.4 Å². The number of benzene rings is 4. The Balaban J connectivity index is 1.13. The van der Waals surface area contributed by atoms with Gasteiger partial charge >= 0.3 is 0 Å². The van der Waals surface area contributed by atoms with Gasteiger partial charge in [-0.1, -0.05) is 144 Å². The number of carbonyl (C=O) groups is 1. The van der Waals surface area contributed by atoms with E-state index in [1.54, 1.807) is 0 Å². The first kappa shape index (κ1) is 47.4. The van der Waals surface area contributed by atoms with E-state index in [1.165, 1.54) is 69.8 Å². The number of fused-ring (bicyclic) bond motifs is 6. The number of anilines is 1. The molecule has 2 heterocycles. The van der Waals surface area contributed by atoms with E-state index < -0.39 is 10.1 Å². The SMILES string of the molecule is C=C(CCCCCCC)CNC(=O)CCCCC[N+]1=C(C=CC=CC=CC=C2N(CCCCS(=O)(=O)O)c3ccc4ccccc4c3C2(C)C)C(C)(C)c2c1ccc1ccccc21. The largest absolute Gasteiger partial charge is 0.352 e. The molecule has 1 amide bonds. The lowest BCUT2D eigenvalue weighted by molar-refractivity contribution is -0.438. The third-order valence-corrected chi connectivity index (χ3v) is 13.8. The second kappa shape index (κ2) is 21.6. The monoisotopic (exact) mass is 869 g/mol. The van der Waals surface area contributed by atoms with Crippen LogP contribution in [-0.2, 0) is 25.7 Å². The number of amides is 1. The highest BCUT2D eigenvalue weighted by Gasteiger charge is 2.45. The van der Waals surface area contributed by atoms with E-state index >= 15 is 0 Å². The summed E-state index contributed by atoms with van der Waals surface area (Å²) in [5, 5.41) is 8.05. The van der Waals surface area contributed by atoms with Gasteiger partial charge in [0.05, 0.1) is 11.2 Å². The van der Waals surface area contributed by atoms with E-state index in [4.69, 9.17) is 0 Å². The van der Waals surface area contributed by atoms with Gasteiger partial charge in [-0.15, -0.1) is 0 Å². The average Bonchev–Trinajstić information content (AvgIpc) is 3.61. The summed E-state index contributed by atoms with van der Waals surface area (Å²) < 4.78 is 34.7. The molecule has 7 nitrogen and oxygen atoms in total. The minimum Gasteiger partial charge on any atom is -0.352 e. The summed E-state index contributed by atoms with van der Waals surface area (Å²) in [6.07, 6.45) is 26.5. The van der Waals surface area contributed by atoms with Crippen molar-refractivity contribution in [3.8, 4) is 0 Å². The van der Waals surface area contributed by atoms with Gasteiger partial charge in [0.2, 0.25) is 11.6 Å². The quantitative estimate of drug-likeness (QED) is 0.0255. The highest BCUT2D eigenvalue weighted by molar-refractivity contribution is 7.85. The molecule has 0 atom stereocenters. The van der Waals surface area contributed by atoms with Gasteiger partial charge in [0, 0.05) is 60.4 Å². The molecule has 0 aromatic heterocycles. The molecule has 0 saturated heterocycles. The van der Waals surface area contributed by atoms with Crippen LogP contribution in [0, 0.1) is 0 Å². The fourth-order valence-electron chi connectivity index (χ4n) is 9.70. The van der Waals surface area contributed by atoms with Crippen molar-refractivity contribution >= 4 is 54.7 Å². The van der Waals surface area contributed by atoms with Crippen LogP contribution < -0.4 is 10.2 Å². The molecule has 4 aromatic carbocycles. The maximum absolute atomic E-state index is 12.7. The summed E-state index contributed by atoms with van der Waals surface area (Å²) in [5.41, 5.74) is 8.07. The van der Waals surface area contributed by atoms with E-state index in [9.17, 15) is 17.8 Å². The predicted octanol–water partition coefficient (Wildman–Crippen LogP) is 13.0. The highest BCUT2D eigenvalue weighted by atomic mass is 32.2. The molecular formula is C55H70N3O4S+. The maximum atomic E-state index is 12.7. The zero-order valence-corrected chi connectivity index (χ0v) is 39.3. The zero-order valence-electron chi connectivity index (χ0n) is 38.5. The minimum absolute atomic E-state index is 0.116. The van der Waals surface area contributed by atoms with E-state index in [0.29, 0.717) is 32.4 Å². The lowest BCUT2D eigenvalue weighted by Gasteiger charge is -2.27. The second-order valence-corrected chi connectivity index (χ2v) is 20.0. The maximum Gasteiger partial charge on any atom is 0.264 e. The number of hydrogen-bond donors (Lipinski definition) is 2. The Hall–Kier alpha value is -5.05. The van der Waals surface area contributed by atoms with Crippen LogP contribution in [0.25, 0.3) is 21.5 Å². The normalized spacial score (nSPS) is 16.4. The van der Waals surface area contributed by atoms with Crippen molar-refractivity contribution in [3.63, 3.8) is 0 Å². The van der Waals surface area contributed by atoms with Crippen LogP contribution in [0.2, 0.25) is 0 Å². The van der Waals surface area contributed by atoms with Crippen LogP contribution >= 0.6 is 0 Å². The van der Waals surface area contributed by atoms with Crippen molar-refractivity contribution in [1.29, 1.82) is 0 Å². The molecule has 0 saturated carbocycles. The molecule has 2 N–H and O–H groups in total. The first-order valence-electron chi connectivity index (χ1n) is 23.3. The summed E-state index contributed by atoms with van der Waals surface area (Å²) in [5.74, 6) is -0.120. The first-order valence-corrected chi connectivity index (χ1v) is 24.9. The molecule has 334 valence electrons. The van der Waals surface area contributed by atoms with Crippen molar-refractivity contribution in [3.05, 3.63) is 144 Å². The Labute approximate surface area is 377 Å². The molecule has 8 heteroatoms. The zero-order chi connectivity index (χ0) is 45.0. The van der Waals surface area contributed by atoms with Crippen LogP contribution in [-0.4, -0.2) is 54.6 Å².